The lowest BCUT2D eigenvalue weighted by Crippen LogP contribution is -2.42. The zero-order valence-corrected chi connectivity index (χ0v) is 13.3. The lowest BCUT2D eigenvalue weighted by atomic mass is 10.1. The summed E-state index contributed by atoms with van der Waals surface area (Å²) in [7, 11) is 1.61. The number of rotatable bonds is 6. The Bertz CT molecular complexity index is 491. The van der Waals surface area contributed by atoms with Gasteiger partial charge in [0.15, 0.2) is 0 Å². The Kier molecular flexibility index (Phi) is 5.16. The van der Waals surface area contributed by atoms with Crippen molar-refractivity contribution < 1.29 is 13.9 Å². The Labute approximate surface area is 127 Å². The fraction of sp³-hybridized carbons (Fsp3) is 0.533. The van der Waals surface area contributed by atoms with Crippen molar-refractivity contribution in [3.8, 4) is 0 Å². The summed E-state index contributed by atoms with van der Waals surface area (Å²) in [5, 5.41) is 0. The molecule has 1 unspecified atom stereocenters. The predicted octanol–water partition coefficient (Wildman–Crippen LogP) is 3.48. The van der Waals surface area contributed by atoms with E-state index in [4.69, 9.17) is 4.74 Å². The molecule has 0 saturated heterocycles. The first-order valence-corrected chi connectivity index (χ1v) is 7.59. The molecule has 1 aliphatic rings. The first-order valence-electron chi connectivity index (χ1n) is 6.79. The maximum atomic E-state index is 13.4. The van der Waals surface area contributed by atoms with Crippen LogP contribution >= 0.6 is 15.9 Å². The van der Waals surface area contributed by atoms with E-state index in [-0.39, 0.29) is 11.9 Å². The lowest BCUT2D eigenvalue weighted by Gasteiger charge is -2.29. The number of nitrogens with zero attached hydrogens (tertiary/aromatic N) is 1. The number of methoxy groups -OCH3 is 1. The van der Waals surface area contributed by atoms with Gasteiger partial charge in [0.2, 0.25) is 0 Å². The van der Waals surface area contributed by atoms with Gasteiger partial charge in [-0.3, -0.25) is 4.79 Å². The van der Waals surface area contributed by atoms with Crippen LogP contribution in [0, 0.1) is 11.7 Å². The summed E-state index contributed by atoms with van der Waals surface area (Å²) >= 11 is 3.32. The van der Waals surface area contributed by atoms with Crippen molar-refractivity contribution in [2.45, 2.75) is 25.8 Å². The van der Waals surface area contributed by atoms with Gasteiger partial charge in [-0.25, -0.2) is 4.39 Å². The van der Waals surface area contributed by atoms with Crippen LogP contribution in [0.25, 0.3) is 0 Å². The van der Waals surface area contributed by atoms with E-state index in [2.05, 4.69) is 22.9 Å². The number of carbonyl (C=O) groups is 1. The van der Waals surface area contributed by atoms with Crippen LogP contribution in [0.4, 0.5) is 4.39 Å². The average Bonchev–Trinajstić information content (AvgIpc) is 3.26. The molecular weight excluding hydrogens is 325 g/mol. The smallest absolute Gasteiger partial charge is 0.255 e. The van der Waals surface area contributed by atoms with Crippen LogP contribution in [0.2, 0.25) is 0 Å². The van der Waals surface area contributed by atoms with Gasteiger partial charge in [0.25, 0.3) is 5.91 Å². The average molecular weight is 344 g/mol. The van der Waals surface area contributed by atoms with E-state index in [1.165, 1.54) is 12.1 Å². The van der Waals surface area contributed by atoms with Gasteiger partial charge < -0.3 is 9.64 Å². The highest BCUT2D eigenvalue weighted by molar-refractivity contribution is 9.10. The van der Waals surface area contributed by atoms with E-state index in [1.54, 1.807) is 18.1 Å². The third-order valence-electron chi connectivity index (χ3n) is 3.75. The van der Waals surface area contributed by atoms with E-state index in [9.17, 15) is 9.18 Å². The van der Waals surface area contributed by atoms with Gasteiger partial charge in [0.05, 0.1) is 12.2 Å². The maximum Gasteiger partial charge on any atom is 0.255 e. The first kappa shape index (κ1) is 15.4. The van der Waals surface area contributed by atoms with E-state index in [0.717, 1.165) is 12.8 Å². The van der Waals surface area contributed by atoms with Crippen molar-refractivity contribution in [3.63, 3.8) is 0 Å². The molecular formula is C15H19BrFNO2. The molecule has 1 aromatic rings. The Morgan fingerprint density at radius 1 is 1.55 bits per heavy atom. The van der Waals surface area contributed by atoms with Crippen LogP contribution in [0.1, 0.15) is 30.1 Å². The van der Waals surface area contributed by atoms with Gasteiger partial charge in [-0.2, -0.15) is 0 Å². The highest BCUT2D eigenvalue weighted by atomic mass is 79.9. The molecule has 0 heterocycles. The molecule has 0 spiro atoms. The van der Waals surface area contributed by atoms with Crippen LogP contribution in [-0.4, -0.2) is 37.1 Å². The lowest BCUT2D eigenvalue weighted by molar-refractivity contribution is 0.0593. The molecule has 0 aromatic heterocycles. The number of halogens is 2. The number of carbonyl (C=O) groups excluding carboxylic acids is 1. The molecule has 0 bridgehead atoms. The van der Waals surface area contributed by atoms with Crippen LogP contribution in [-0.2, 0) is 4.74 Å². The summed E-state index contributed by atoms with van der Waals surface area (Å²) < 4.78 is 19.1. The number of ether oxygens (including phenoxy) is 1. The summed E-state index contributed by atoms with van der Waals surface area (Å²) in [5.74, 6) is 0.0123. The molecule has 20 heavy (non-hydrogen) atoms. The molecule has 1 atom stereocenters. The monoisotopic (exact) mass is 343 g/mol. The number of benzene rings is 1. The number of hydrogen-bond donors (Lipinski definition) is 0. The molecule has 0 aliphatic heterocycles. The molecule has 0 N–H and O–H groups in total. The first-order chi connectivity index (χ1) is 9.54. The normalized spacial score (nSPS) is 16.0. The predicted molar refractivity (Wildman–Crippen MR) is 79.2 cm³/mol. The molecule has 0 radical (unpaired) electrons. The quantitative estimate of drug-likeness (QED) is 0.791. The number of amides is 1. The maximum absolute atomic E-state index is 13.4. The fourth-order valence-corrected chi connectivity index (χ4v) is 2.75. The topological polar surface area (TPSA) is 29.5 Å². The second-order valence-electron chi connectivity index (χ2n) is 5.19. The van der Waals surface area contributed by atoms with Gasteiger partial charge in [0, 0.05) is 24.2 Å². The van der Waals surface area contributed by atoms with Gasteiger partial charge in [0.1, 0.15) is 5.82 Å². The Morgan fingerprint density at radius 3 is 2.85 bits per heavy atom. The van der Waals surface area contributed by atoms with Gasteiger partial charge >= 0.3 is 0 Å². The van der Waals surface area contributed by atoms with Crippen LogP contribution < -0.4 is 0 Å². The minimum Gasteiger partial charge on any atom is -0.383 e. The van der Waals surface area contributed by atoms with Gasteiger partial charge in [-0.1, -0.05) is 0 Å². The Balaban J connectivity index is 2.22. The largest absolute Gasteiger partial charge is 0.383 e. The molecule has 1 amide bonds. The Hall–Kier alpha value is -0.940. The zero-order chi connectivity index (χ0) is 14.7. The fourth-order valence-electron chi connectivity index (χ4n) is 2.33. The molecule has 1 fully saturated rings. The van der Waals surface area contributed by atoms with Gasteiger partial charge in [-0.15, -0.1) is 0 Å². The summed E-state index contributed by atoms with van der Waals surface area (Å²) in [6.45, 7) is 3.06. The van der Waals surface area contributed by atoms with Crippen molar-refractivity contribution in [1.82, 2.24) is 4.90 Å². The van der Waals surface area contributed by atoms with Crippen molar-refractivity contribution in [1.29, 1.82) is 0 Å². The van der Waals surface area contributed by atoms with Crippen LogP contribution in [0.5, 0.6) is 0 Å². The molecule has 3 nitrogen and oxygen atoms in total. The van der Waals surface area contributed by atoms with Crippen molar-refractivity contribution >= 4 is 21.8 Å². The van der Waals surface area contributed by atoms with E-state index < -0.39 is 5.82 Å². The summed E-state index contributed by atoms with van der Waals surface area (Å²) in [6, 6.07) is 4.35. The summed E-state index contributed by atoms with van der Waals surface area (Å²) in [4.78, 5) is 14.5. The van der Waals surface area contributed by atoms with Crippen LogP contribution in [0.15, 0.2) is 22.7 Å². The minimum absolute atomic E-state index is 0.146. The molecule has 1 aromatic carbocycles. The highest BCUT2D eigenvalue weighted by Gasteiger charge is 2.34. The second kappa shape index (κ2) is 6.68. The van der Waals surface area contributed by atoms with Gasteiger partial charge in [-0.05, 0) is 59.8 Å². The summed E-state index contributed by atoms with van der Waals surface area (Å²) in [6.07, 6.45) is 2.31. The van der Waals surface area contributed by atoms with Crippen molar-refractivity contribution in [2.24, 2.45) is 5.92 Å². The molecule has 5 heteroatoms. The molecule has 1 aliphatic carbocycles. The summed E-state index contributed by atoms with van der Waals surface area (Å²) in [5.41, 5.74) is 0.369. The van der Waals surface area contributed by atoms with Crippen LogP contribution in [0.3, 0.4) is 0 Å². The van der Waals surface area contributed by atoms with E-state index in [1.807, 2.05) is 0 Å². The minimum atomic E-state index is -0.401. The molecule has 1 saturated carbocycles. The third kappa shape index (κ3) is 3.58. The number of hydrogen-bond acceptors (Lipinski definition) is 2. The molecule has 110 valence electrons. The highest BCUT2D eigenvalue weighted by Crippen LogP contribution is 2.36. The van der Waals surface area contributed by atoms with E-state index >= 15 is 0 Å². The van der Waals surface area contributed by atoms with Crippen molar-refractivity contribution in [3.05, 3.63) is 34.1 Å². The SMILES string of the molecule is COCCN(C(=O)c1cc(F)ccc1Br)C(C)C1CC1. The second-order valence-corrected chi connectivity index (χ2v) is 6.05. The Morgan fingerprint density at radius 2 is 2.25 bits per heavy atom. The molecule has 2 rings (SSSR count). The standard InChI is InChI=1S/C15H19BrFNO2/c1-10(11-3-4-11)18(7-8-20-2)15(19)13-9-12(17)5-6-14(13)16/h5-6,9-11H,3-4,7-8H2,1-2H3. The third-order valence-corrected chi connectivity index (χ3v) is 4.44. The zero-order valence-electron chi connectivity index (χ0n) is 11.7. The van der Waals surface area contributed by atoms with E-state index in [0.29, 0.717) is 29.1 Å². The van der Waals surface area contributed by atoms with Crippen molar-refractivity contribution in [2.75, 3.05) is 20.3 Å².